The van der Waals surface area contributed by atoms with Gasteiger partial charge in [-0.05, 0) is 11.5 Å². The van der Waals surface area contributed by atoms with Gasteiger partial charge in [-0.15, -0.1) is 0 Å². The van der Waals surface area contributed by atoms with Crippen LogP contribution in [0.2, 0.25) is 0 Å². The average molecular weight is 205 g/mol. The Morgan fingerprint density at radius 1 is 1.20 bits per heavy atom. The largest absolute Gasteiger partial charge is 0.352 e. The molecule has 1 amide bonds. The van der Waals surface area contributed by atoms with E-state index in [-0.39, 0.29) is 6.04 Å². The van der Waals surface area contributed by atoms with Crippen LogP contribution in [0.15, 0.2) is 30.3 Å². The molecule has 0 aliphatic carbocycles. The zero-order valence-electron chi connectivity index (χ0n) is 9.44. The highest BCUT2D eigenvalue weighted by Gasteiger charge is 2.18. The smallest absolute Gasteiger partial charge is 0.207 e. The van der Waals surface area contributed by atoms with E-state index in [0.29, 0.717) is 5.92 Å². The molecule has 1 N–H and O–H groups in total. The molecular weight excluding hydrogens is 186 g/mol. The van der Waals surface area contributed by atoms with Gasteiger partial charge in [0.05, 0.1) is 6.04 Å². The molecule has 15 heavy (non-hydrogen) atoms. The number of carbonyl (C=O) groups is 1. The molecule has 0 saturated carbocycles. The molecule has 0 aliphatic heterocycles. The molecule has 1 unspecified atom stereocenters. The van der Waals surface area contributed by atoms with Crippen LogP contribution in [-0.2, 0) is 4.79 Å². The lowest BCUT2D eigenvalue weighted by atomic mass is 9.89. The van der Waals surface area contributed by atoms with Crippen LogP contribution in [0.4, 0.5) is 0 Å². The quantitative estimate of drug-likeness (QED) is 0.711. The van der Waals surface area contributed by atoms with E-state index in [1.807, 2.05) is 18.2 Å². The minimum atomic E-state index is 0.152. The normalized spacial score (nSPS) is 12.5. The highest BCUT2D eigenvalue weighted by atomic mass is 16.1. The van der Waals surface area contributed by atoms with Crippen LogP contribution in [0.3, 0.4) is 0 Å². The third kappa shape index (κ3) is 3.08. The summed E-state index contributed by atoms with van der Waals surface area (Å²) in [4.78, 5) is 10.6. The van der Waals surface area contributed by atoms with Gasteiger partial charge in [-0.25, -0.2) is 0 Å². The standard InChI is InChI=1S/C13H19NO/c1-3-11(4-2)13(14-10-15)12-8-6-5-7-9-12/h5-11,13H,3-4H2,1-2H3,(H,14,15). The molecule has 1 aromatic rings. The number of hydrogen-bond acceptors (Lipinski definition) is 1. The maximum absolute atomic E-state index is 10.6. The summed E-state index contributed by atoms with van der Waals surface area (Å²) in [5.74, 6) is 0.512. The molecule has 2 heteroatoms. The highest BCUT2D eigenvalue weighted by Crippen LogP contribution is 2.26. The molecule has 0 spiro atoms. The van der Waals surface area contributed by atoms with E-state index in [2.05, 4.69) is 31.3 Å². The second-order valence-electron chi connectivity index (χ2n) is 3.75. The van der Waals surface area contributed by atoms with Gasteiger partial charge in [0.2, 0.25) is 6.41 Å². The van der Waals surface area contributed by atoms with E-state index in [1.54, 1.807) is 0 Å². The maximum atomic E-state index is 10.6. The van der Waals surface area contributed by atoms with Crippen molar-refractivity contribution in [2.45, 2.75) is 32.7 Å². The van der Waals surface area contributed by atoms with Gasteiger partial charge in [-0.2, -0.15) is 0 Å². The van der Waals surface area contributed by atoms with Crippen LogP contribution in [0.5, 0.6) is 0 Å². The van der Waals surface area contributed by atoms with Crippen LogP contribution in [0, 0.1) is 5.92 Å². The summed E-state index contributed by atoms with van der Waals surface area (Å²) in [6, 6.07) is 10.3. The molecule has 0 radical (unpaired) electrons. The van der Waals surface area contributed by atoms with Crippen molar-refractivity contribution in [1.82, 2.24) is 5.32 Å². The minimum Gasteiger partial charge on any atom is -0.352 e. The fraction of sp³-hybridized carbons (Fsp3) is 0.462. The zero-order valence-corrected chi connectivity index (χ0v) is 9.44. The van der Waals surface area contributed by atoms with Gasteiger partial charge in [0.15, 0.2) is 0 Å². The van der Waals surface area contributed by atoms with E-state index >= 15 is 0 Å². The molecule has 0 fully saturated rings. The summed E-state index contributed by atoms with van der Waals surface area (Å²) in [6.07, 6.45) is 2.96. The molecule has 0 aromatic heterocycles. The first-order valence-corrected chi connectivity index (χ1v) is 5.58. The SMILES string of the molecule is CCC(CC)C(NC=O)c1ccccc1. The Balaban J connectivity index is 2.86. The lowest BCUT2D eigenvalue weighted by Gasteiger charge is -2.25. The lowest BCUT2D eigenvalue weighted by molar-refractivity contribution is -0.110. The van der Waals surface area contributed by atoms with Gasteiger partial charge in [-0.1, -0.05) is 57.0 Å². The van der Waals surface area contributed by atoms with E-state index in [1.165, 1.54) is 5.56 Å². The van der Waals surface area contributed by atoms with E-state index < -0.39 is 0 Å². The van der Waals surface area contributed by atoms with E-state index in [0.717, 1.165) is 19.3 Å². The molecule has 0 saturated heterocycles. The van der Waals surface area contributed by atoms with Gasteiger partial charge >= 0.3 is 0 Å². The topological polar surface area (TPSA) is 29.1 Å². The van der Waals surface area contributed by atoms with Crippen LogP contribution < -0.4 is 5.32 Å². The fourth-order valence-electron chi connectivity index (χ4n) is 2.00. The zero-order chi connectivity index (χ0) is 11.1. The van der Waals surface area contributed by atoms with Gasteiger partial charge in [0.25, 0.3) is 0 Å². The van der Waals surface area contributed by atoms with E-state index in [4.69, 9.17) is 0 Å². The van der Waals surface area contributed by atoms with Gasteiger partial charge < -0.3 is 5.32 Å². The third-order valence-electron chi connectivity index (χ3n) is 2.93. The lowest BCUT2D eigenvalue weighted by Crippen LogP contribution is -2.26. The monoisotopic (exact) mass is 205 g/mol. The summed E-state index contributed by atoms with van der Waals surface area (Å²) in [5, 5.41) is 2.92. The Hall–Kier alpha value is -1.31. The predicted molar refractivity (Wildman–Crippen MR) is 62.5 cm³/mol. The van der Waals surface area contributed by atoms with Crippen LogP contribution in [0.1, 0.15) is 38.3 Å². The Morgan fingerprint density at radius 2 is 1.80 bits per heavy atom. The van der Waals surface area contributed by atoms with Gasteiger partial charge in [0.1, 0.15) is 0 Å². The summed E-state index contributed by atoms with van der Waals surface area (Å²) < 4.78 is 0. The number of rotatable bonds is 6. The molecule has 1 rings (SSSR count). The molecule has 0 heterocycles. The number of benzene rings is 1. The first-order chi connectivity index (χ1) is 7.33. The first-order valence-electron chi connectivity index (χ1n) is 5.58. The van der Waals surface area contributed by atoms with Crippen molar-refractivity contribution >= 4 is 6.41 Å². The summed E-state index contributed by atoms with van der Waals surface area (Å²) in [6.45, 7) is 4.33. The molecular formula is C13H19NO. The summed E-state index contributed by atoms with van der Waals surface area (Å²) in [5.41, 5.74) is 1.19. The second-order valence-corrected chi connectivity index (χ2v) is 3.75. The van der Waals surface area contributed by atoms with E-state index in [9.17, 15) is 4.79 Å². The molecule has 1 aromatic carbocycles. The Labute approximate surface area is 91.7 Å². The van der Waals surface area contributed by atoms with Crippen molar-refractivity contribution in [3.05, 3.63) is 35.9 Å². The molecule has 1 atom stereocenters. The van der Waals surface area contributed by atoms with Gasteiger partial charge in [0, 0.05) is 0 Å². The molecule has 0 bridgehead atoms. The van der Waals surface area contributed by atoms with Crippen molar-refractivity contribution in [3.63, 3.8) is 0 Å². The maximum Gasteiger partial charge on any atom is 0.207 e. The predicted octanol–water partition coefficient (Wildman–Crippen LogP) is 2.91. The molecule has 2 nitrogen and oxygen atoms in total. The van der Waals surface area contributed by atoms with Crippen molar-refractivity contribution < 1.29 is 4.79 Å². The molecule has 82 valence electrons. The number of carbonyl (C=O) groups excluding carboxylic acids is 1. The van der Waals surface area contributed by atoms with Crippen molar-refractivity contribution in [3.8, 4) is 0 Å². The summed E-state index contributed by atoms with van der Waals surface area (Å²) >= 11 is 0. The van der Waals surface area contributed by atoms with Crippen LogP contribution in [-0.4, -0.2) is 6.41 Å². The van der Waals surface area contributed by atoms with Crippen LogP contribution >= 0.6 is 0 Å². The van der Waals surface area contributed by atoms with Crippen LogP contribution in [0.25, 0.3) is 0 Å². The summed E-state index contributed by atoms with van der Waals surface area (Å²) in [7, 11) is 0. The van der Waals surface area contributed by atoms with Gasteiger partial charge in [-0.3, -0.25) is 4.79 Å². The number of amides is 1. The highest BCUT2D eigenvalue weighted by molar-refractivity contribution is 5.48. The second kappa shape index (κ2) is 6.23. The number of hydrogen-bond donors (Lipinski definition) is 1. The van der Waals surface area contributed by atoms with Crippen molar-refractivity contribution in [1.29, 1.82) is 0 Å². The third-order valence-corrected chi connectivity index (χ3v) is 2.93. The Kier molecular flexibility index (Phi) is 4.88. The fourth-order valence-corrected chi connectivity index (χ4v) is 2.00. The molecule has 0 aliphatic rings. The Bertz CT molecular complexity index is 280. The van der Waals surface area contributed by atoms with Crippen molar-refractivity contribution in [2.75, 3.05) is 0 Å². The number of nitrogens with one attached hydrogen (secondary N) is 1. The average Bonchev–Trinajstić information content (AvgIpc) is 2.30. The minimum absolute atomic E-state index is 0.152. The van der Waals surface area contributed by atoms with Crippen molar-refractivity contribution in [2.24, 2.45) is 5.92 Å². The first kappa shape index (κ1) is 11.8. The Morgan fingerprint density at radius 3 is 2.27 bits per heavy atom.